The maximum absolute atomic E-state index is 12.6. The van der Waals surface area contributed by atoms with Gasteiger partial charge in [0.15, 0.2) is 0 Å². The van der Waals surface area contributed by atoms with Crippen molar-refractivity contribution < 1.29 is 51.9 Å². The van der Waals surface area contributed by atoms with E-state index in [9.17, 15) is 51.9 Å². The van der Waals surface area contributed by atoms with Gasteiger partial charge in [-0.25, -0.2) is 0 Å². The van der Waals surface area contributed by atoms with E-state index in [1.807, 2.05) is 0 Å². The molecule has 0 fully saturated rings. The summed E-state index contributed by atoms with van der Waals surface area (Å²) >= 11 is 0. The first-order valence-electron chi connectivity index (χ1n) is 9.53. The molecule has 0 atom stereocenters. The molecule has 0 radical (unpaired) electrons. The highest BCUT2D eigenvalue weighted by Crippen LogP contribution is 2.49. The number of hydrogen-bond donors (Lipinski definition) is 4. The van der Waals surface area contributed by atoms with Crippen LogP contribution in [0.1, 0.15) is 0 Å². The molecule has 0 saturated carbocycles. The summed E-state index contributed by atoms with van der Waals surface area (Å²) < 4.78 is 139. The quantitative estimate of drug-likeness (QED) is 0.139. The fourth-order valence-corrected chi connectivity index (χ4v) is 9.09. The third kappa shape index (κ3) is 3.46. The molecule has 0 aromatic heterocycles. The monoisotopic (exact) mass is 572 g/mol. The molecule has 12 nitrogen and oxygen atoms in total. The Kier molecular flexibility index (Phi) is 5.01. The van der Waals surface area contributed by atoms with Crippen molar-refractivity contribution in [1.29, 1.82) is 0 Å². The van der Waals surface area contributed by atoms with Gasteiger partial charge in [0, 0.05) is 16.2 Å². The van der Waals surface area contributed by atoms with Crippen LogP contribution < -0.4 is 0 Å². The summed E-state index contributed by atoms with van der Waals surface area (Å²) in [5, 5.41) is -1.17. The molecule has 36 heavy (non-hydrogen) atoms. The topological polar surface area (TPSA) is 217 Å². The minimum Gasteiger partial charge on any atom is -0.282 e. The predicted octanol–water partition coefficient (Wildman–Crippen LogP) is 2.72. The van der Waals surface area contributed by atoms with Gasteiger partial charge in [0.25, 0.3) is 40.5 Å². The van der Waals surface area contributed by atoms with Crippen LogP contribution in [-0.4, -0.2) is 51.9 Å². The van der Waals surface area contributed by atoms with Crippen LogP contribution in [0, 0.1) is 0 Å². The van der Waals surface area contributed by atoms with Crippen molar-refractivity contribution in [2.75, 3.05) is 0 Å². The number of hydrogen-bond acceptors (Lipinski definition) is 8. The zero-order valence-corrected chi connectivity index (χ0v) is 20.6. The standard InChI is InChI=1S/C20H12O12S4/c21-33(22,23)13-8-7-11-10-5-1-3-9-4-2-6-12(14(9)10)16-15(11)17(13)19(35(27,28)29)20(36(30,31)32)18(16)34(24,25)26/h1-8H,(H,21,22,23)(H,24,25,26)(H,27,28,29)(H,30,31,32). The lowest BCUT2D eigenvalue weighted by atomic mass is 9.90. The smallest absolute Gasteiger partial charge is 0.282 e. The van der Waals surface area contributed by atoms with Gasteiger partial charge in [0.1, 0.15) is 19.6 Å². The van der Waals surface area contributed by atoms with Gasteiger partial charge in [-0.3, -0.25) is 18.2 Å². The van der Waals surface area contributed by atoms with E-state index >= 15 is 0 Å². The van der Waals surface area contributed by atoms with Crippen LogP contribution in [0.2, 0.25) is 0 Å². The Morgan fingerprint density at radius 2 is 0.889 bits per heavy atom. The highest BCUT2D eigenvalue weighted by atomic mass is 32.2. The predicted molar refractivity (Wildman–Crippen MR) is 127 cm³/mol. The maximum atomic E-state index is 12.6. The van der Waals surface area contributed by atoms with Gasteiger partial charge in [-0.05, 0) is 33.0 Å². The van der Waals surface area contributed by atoms with Crippen LogP contribution in [0.4, 0.5) is 0 Å². The molecule has 0 amide bonds. The average molecular weight is 573 g/mol. The molecule has 0 aliphatic rings. The van der Waals surface area contributed by atoms with Gasteiger partial charge in [0.05, 0.1) is 0 Å². The highest BCUT2D eigenvalue weighted by molar-refractivity contribution is 7.91. The zero-order chi connectivity index (χ0) is 26.6. The Labute approximate surface area is 203 Å². The summed E-state index contributed by atoms with van der Waals surface area (Å²) in [6.45, 7) is 0. The third-order valence-corrected chi connectivity index (χ3v) is 9.73. The number of fused-ring (bicyclic) bond motifs is 2. The summed E-state index contributed by atoms with van der Waals surface area (Å²) in [5.74, 6) is 0. The molecule has 0 heterocycles. The van der Waals surface area contributed by atoms with Gasteiger partial charge < -0.3 is 0 Å². The van der Waals surface area contributed by atoms with Crippen molar-refractivity contribution >= 4 is 83.6 Å². The second-order valence-corrected chi connectivity index (χ2v) is 13.3. The lowest BCUT2D eigenvalue weighted by molar-refractivity contribution is 0.458. The van der Waals surface area contributed by atoms with Gasteiger partial charge in [-0.1, -0.05) is 42.5 Å². The largest absolute Gasteiger partial charge is 0.297 e. The molecule has 5 rings (SSSR count). The van der Waals surface area contributed by atoms with Gasteiger partial charge in [-0.2, -0.15) is 33.7 Å². The summed E-state index contributed by atoms with van der Waals surface area (Å²) in [4.78, 5) is -6.62. The molecule has 5 aromatic carbocycles. The number of rotatable bonds is 4. The second-order valence-electron chi connectivity index (χ2n) is 7.83. The Hall–Kier alpha value is -2.96. The first kappa shape index (κ1) is 24.7. The van der Waals surface area contributed by atoms with Crippen molar-refractivity contribution in [2.24, 2.45) is 0 Å². The first-order valence-corrected chi connectivity index (χ1v) is 15.3. The van der Waals surface area contributed by atoms with Crippen molar-refractivity contribution in [1.82, 2.24) is 0 Å². The summed E-state index contributed by atoms with van der Waals surface area (Å²) in [6.07, 6.45) is 0. The molecule has 0 unspecified atom stereocenters. The van der Waals surface area contributed by atoms with E-state index in [-0.39, 0.29) is 10.8 Å². The second kappa shape index (κ2) is 7.30. The Morgan fingerprint density at radius 3 is 1.39 bits per heavy atom. The normalized spacial score (nSPS) is 13.9. The van der Waals surface area contributed by atoms with E-state index in [2.05, 4.69) is 0 Å². The molecular formula is C20H12O12S4. The molecule has 0 bridgehead atoms. The van der Waals surface area contributed by atoms with Crippen LogP contribution in [-0.2, 0) is 40.5 Å². The molecule has 4 N–H and O–H groups in total. The fraction of sp³-hybridized carbons (Fsp3) is 0. The van der Waals surface area contributed by atoms with Crippen LogP contribution in [0.3, 0.4) is 0 Å². The van der Waals surface area contributed by atoms with Gasteiger partial charge >= 0.3 is 0 Å². The molecule has 0 aliphatic heterocycles. The van der Waals surface area contributed by atoms with E-state index in [0.29, 0.717) is 16.2 Å². The van der Waals surface area contributed by atoms with Crippen LogP contribution >= 0.6 is 0 Å². The Bertz CT molecular complexity index is 2230. The van der Waals surface area contributed by atoms with E-state index in [1.54, 1.807) is 18.2 Å². The fourth-order valence-electron chi connectivity index (χ4n) is 4.71. The Morgan fingerprint density at radius 1 is 0.417 bits per heavy atom. The van der Waals surface area contributed by atoms with Crippen LogP contribution in [0.15, 0.2) is 68.1 Å². The van der Waals surface area contributed by atoms with E-state index in [1.165, 1.54) is 18.2 Å². The molecule has 5 aromatic rings. The third-order valence-electron chi connectivity index (χ3n) is 5.80. The average Bonchev–Trinajstić information content (AvgIpc) is 2.72. The molecule has 0 aliphatic carbocycles. The molecule has 0 saturated heterocycles. The summed E-state index contributed by atoms with van der Waals surface area (Å²) in [5.41, 5.74) is 0. The minimum atomic E-state index is -5.91. The lowest BCUT2D eigenvalue weighted by Crippen LogP contribution is -2.17. The molecule has 188 valence electrons. The number of benzene rings is 5. The van der Waals surface area contributed by atoms with E-state index in [4.69, 9.17) is 0 Å². The summed E-state index contributed by atoms with van der Waals surface area (Å²) in [7, 11) is -22.8. The molecule has 16 heteroatoms. The Balaban J connectivity index is 2.45. The van der Waals surface area contributed by atoms with Crippen molar-refractivity contribution in [2.45, 2.75) is 19.6 Å². The summed E-state index contributed by atoms with van der Waals surface area (Å²) in [6, 6.07) is 11.0. The van der Waals surface area contributed by atoms with Gasteiger partial charge in [-0.15, -0.1) is 0 Å². The minimum absolute atomic E-state index is 0.00612. The maximum Gasteiger partial charge on any atom is 0.297 e. The van der Waals surface area contributed by atoms with Crippen LogP contribution in [0.5, 0.6) is 0 Å². The highest BCUT2D eigenvalue weighted by Gasteiger charge is 2.40. The van der Waals surface area contributed by atoms with Crippen molar-refractivity contribution in [3.8, 4) is 0 Å². The lowest BCUT2D eigenvalue weighted by Gasteiger charge is -2.21. The molecular weight excluding hydrogens is 560 g/mol. The van der Waals surface area contributed by atoms with Crippen molar-refractivity contribution in [3.63, 3.8) is 0 Å². The first-order chi connectivity index (χ1) is 16.4. The molecule has 0 spiro atoms. The SMILES string of the molecule is O=S(=O)(O)c1c(S(=O)(=O)O)c2c(S(=O)(=O)O)ccc3c4cccc5cccc(c(c1S(=O)(=O)O)c23)c54. The van der Waals surface area contributed by atoms with E-state index in [0.717, 1.165) is 12.1 Å². The van der Waals surface area contributed by atoms with E-state index < -0.39 is 76.2 Å². The van der Waals surface area contributed by atoms with Crippen molar-refractivity contribution in [3.05, 3.63) is 48.5 Å². The van der Waals surface area contributed by atoms with Crippen LogP contribution in [0.25, 0.3) is 43.1 Å². The zero-order valence-electron chi connectivity index (χ0n) is 17.3. The van der Waals surface area contributed by atoms with Gasteiger partial charge in [0.2, 0.25) is 0 Å².